The van der Waals surface area contributed by atoms with Crippen LogP contribution in [0.4, 0.5) is 0 Å². The lowest BCUT2D eigenvalue weighted by Crippen LogP contribution is -2.09. The van der Waals surface area contributed by atoms with E-state index < -0.39 is 0 Å². The van der Waals surface area contributed by atoms with Crippen LogP contribution in [-0.4, -0.2) is 29.1 Å². The van der Waals surface area contributed by atoms with Crippen molar-refractivity contribution in [2.75, 3.05) is 5.33 Å². The maximum Gasteiger partial charge on any atom is 0.173 e. The number of aryl methyl sites for hydroxylation is 4. The summed E-state index contributed by atoms with van der Waals surface area (Å²) in [5.41, 5.74) is 5.52. The van der Waals surface area contributed by atoms with Gasteiger partial charge in [0, 0.05) is 11.1 Å². The van der Waals surface area contributed by atoms with E-state index in [0.717, 1.165) is 44.9 Å². The molecule has 0 spiro atoms. The number of hydrogen-bond donors (Lipinski definition) is 0. The lowest BCUT2D eigenvalue weighted by Gasteiger charge is -2.14. The number of alkyl halides is 1. The topological polar surface area (TPSA) is 52.6 Å². The average Bonchev–Trinajstić information content (AvgIpc) is 2.59. The number of rotatable bonds is 7. The van der Waals surface area contributed by atoms with Gasteiger partial charge in [-0.2, -0.15) is 0 Å². The first-order chi connectivity index (χ1) is 14.4. The van der Waals surface area contributed by atoms with Crippen molar-refractivity contribution < 1.29 is 19.1 Å². The van der Waals surface area contributed by atoms with E-state index in [4.69, 9.17) is 9.47 Å². The minimum Gasteiger partial charge on any atom is -0.491 e. The van der Waals surface area contributed by atoms with Gasteiger partial charge in [-0.3, -0.25) is 9.59 Å². The molecule has 170 valence electrons. The van der Waals surface area contributed by atoms with Gasteiger partial charge in [-0.05, 0) is 109 Å². The number of carbonyl (C=O) groups is 2. The van der Waals surface area contributed by atoms with Crippen molar-refractivity contribution in [2.24, 2.45) is 0 Å². The zero-order valence-corrected chi connectivity index (χ0v) is 21.8. The SMILES string of the molecule is CC(=O)c1c(C)cc(OC(C)C)cc1C.Cc1cc(OC(C)C)cc(C)c1C(=O)CBr. The first kappa shape index (κ1) is 26.9. The number of hydrogen-bond acceptors (Lipinski definition) is 4. The number of ether oxygens (including phenoxy) is 2. The Hall–Kier alpha value is -2.14. The molecule has 0 heterocycles. The zero-order chi connectivity index (χ0) is 23.9. The quantitative estimate of drug-likeness (QED) is 0.310. The summed E-state index contributed by atoms with van der Waals surface area (Å²) in [6.07, 6.45) is 0.309. The van der Waals surface area contributed by atoms with Gasteiger partial charge in [-0.1, -0.05) is 15.9 Å². The van der Waals surface area contributed by atoms with Crippen LogP contribution in [0.3, 0.4) is 0 Å². The van der Waals surface area contributed by atoms with E-state index in [1.807, 2.05) is 79.7 Å². The monoisotopic (exact) mass is 490 g/mol. The van der Waals surface area contributed by atoms with Crippen molar-refractivity contribution in [2.45, 2.75) is 74.5 Å². The van der Waals surface area contributed by atoms with Gasteiger partial charge in [0.05, 0.1) is 17.5 Å². The summed E-state index contributed by atoms with van der Waals surface area (Å²) in [7, 11) is 0. The van der Waals surface area contributed by atoms with Crippen LogP contribution in [0.25, 0.3) is 0 Å². The van der Waals surface area contributed by atoms with E-state index in [1.54, 1.807) is 6.92 Å². The van der Waals surface area contributed by atoms with Gasteiger partial charge in [0.2, 0.25) is 0 Å². The molecule has 2 aromatic carbocycles. The Kier molecular flexibility index (Phi) is 10.4. The van der Waals surface area contributed by atoms with Crippen molar-refractivity contribution in [3.05, 3.63) is 57.6 Å². The van der Waals surface area contributed by atoms with Crippen molar-refractivity contribution in [1.82, 2.24) is 0 Å². The first-order valence-electron chi connectivity index (χ1n) is 10.5. The third-order valence-corrected chi connectivity index (χ3v) is 5.02. The standard InChI is InChI=1S/C13H17BrO2.C13H18O2/c1-8(2)16-11-5-9(3)13(10(4)6-11)12(15)7-14;1-8(2)15-12-6-9(3)13(11(5)14)10(4)7-12/h5-6,8H,7H2,1-4H3;6-8H,1-5H3. The van der Waals surface area contributed by atoms with Crippen LogP contribution in [0.5, 0.6) is 11.5 Å². The second kappa shape index (κ2) is 12.0. The highest BCUT2D eigenvalue weighted by molar-refractivity contribution is 9.09. The molecule has 0 N–H and O–H groups in total. The smallest absolute Gasteiger partial charge is 0.173 e. The Bertz CT molecular complexity index is 883. The normalized spacial score (nSPS) is 10.6. The Morgan fingerprint density at radius 1 is 0.742 bits per heavy atom. The number of benzene rings is 2. The molecule has 4 nitrogen and oxygen atoms in total. The molecule has 0 saturated carbocycles. The largest absolute Gasteiger partial charge is 0.491 e. The molecule has 0 atom stereocenters. The van der Waals surface area contributed by atoms with Gasteiger partial charge in [-0.25, -0.2) is 0 Å². The van der Waals surface area contributed by atoms with Crippen LogP contribution in [0, 0.1) is 27.7 Å². The lowest BCUT2D eigenvalue weighted by molar-refractivity contribution is 0.101. The van der Waals surface area contributed by atoms with E-state index in [9.17, 15) is 9.59 Å². The highest BCUT2D eigenvalue weighted by atomic mass is 79.9. The molecule has 0 aliphatic carbocycles. The molecule has 0 amide bonds. The second-order valence-corrected chi connectivity index (χ2v) is 8.87. The maximum atomic E-state index is 11.7. The number of halogens is 1. The first-order valence-corrected chi connectivity index (χ1v) is 11.6. The van der Waals surface area contributed by atoms with E-state index >= 15 is 0 Å². The van der Waals surface area contributed by atoms with E-state index in [-0.39, 0.29) is 23.8 Å². The summed E-state index contributed by atoms with van der Waals surface area (Å²) >= 11 is 3.20. The number of carbonyl (C=O) groups excluding carboxylic acids is 2. The Morgan fingerprint density at radius 3 is 1.32 bits per heavy atom. The van der Waals surface area contributed by atoms with Gasteiger partial charge in [0.1, 0.15) is 11.5 Å². The highest BCUT2D eigenvalue weighted by Gasteiger charge is 2.13. The summed E-state index contributed by atoms with van der Waals surface area (Å²) in [6, 6.07) is 7.68. The fourth-order valence-electron chi connectivity index (χ4n) is 3.59. The Balaban J connectivity index is 0.000000311. The van der Waals surface area contributed by atoms with Crippen molar-refractivity contribution in [3.8, 4) is 11.5 Å². The number of ketones is 2. The van der Waals surface area contributed by atoms with Gasteiger partial charge < -0.3 is 9.47 Å². The average molecular weight is 491 g/mol. The van der Waals surface area contributed by atoms with E-state index in [0.29, 0.717) is 5.33 Å². The molecule has 0 aliphatic rings. The Morgan fingerprint density at radius 2 is 1.06 bits per heavy atom. The highest BCUT2D eigenvalue weighted by Crippen LogP contribution is 2.24. The molecule has 5 heteroatoms. The summed E-state index contributed by atoms with van der Waals surface area (Å²) < 4.78 is 11.2. The molecule has 0 bridgehead atoms. The van der Waals surface area contributed by atoms with Gasteiger partial charge in [0.25, 0.3) is 0 Å². The summed E-state index contributed by atoms with van der Waals surface area (Å²) in [6.45, 7) is 17.3. The molecular weight excluding hydrogens is 456 g/mol. The lowest BCUT2D eigenvalue weighted by atomic mass is 9.99. The van der Waals surface area contributed by atoms with Crippen molar-refractivity contribution in [1.29, 1.82) is 0 Å². The zero-order valence-electron chi connectivity index (χ0n) is 20.2. The van der Waals surface area contributed by atoms with Gasteiger partial charge >= 0.3 is 0 Å². The predicted octanol–water partition coefficient (Wildman–Crippen LogP) is 6.96. The predicted molar refractivity (Wildman–Crippen MR) is 131 cm³/mol. The second-order valence-electron chi connectivity index (χ2n) is 8.31. The molecule has 2 aromatic rings. The molecule has 0 unspecified atom stereocenters. The third kappa shape index (κ3) is 8.13. The third-order valence-electron chi connectivity index (χ3n) is 4.51. The van der Waals surface area contributed by atoms with Crippen LogP contribution in [0.1, 0.15) is 77.6 Å². The fraction of sp³-hybridized carbons (Fsp3) is 0.462. The van der Waals surface area contributed by atoms with Crippen LogP contribution < -0.4 is 9.47 Å². The van der Waals surface area contributed by atoms with Crippen LogP contribution >= 0.6 is 15.9 Å². The summed E-state index contributed by atoms with van der Waals surface area (Å²) in [4.78, 5) is 23.1. The maximum absolute atomic E-state index is 11.7. The van der Waals surface area contributed by atoms with Gasteiger partial charge in [0.15, 0.2) is 11.6 Å². The molecular formula is C26H35BrO4. The van der Waals surface area contributed by atoms with E-state index in [1.165, 1.54) is 0 Å². The van der Waals surface area contributed by atoms with Gasteiger partial charge in [-0.15, -0.1) is 0 Å². The molecule has 31 heavy (non-hydrogen) atoms. The fourth-order valence-corrected chi connectivity index (χ4v) is 3.87. The molecule has 0 radical (unpaired) electrons. The minimum atomic E-state index is 0.112. The Labute approximate surface area is 195 Å². The van der Waals surface area contributed by atoms with Crippen molar-refractivity contribution >= 4 is 27.5 Å². The molecule has 2 rings (SSSR count). The van der Waals surface area contributed by atoms with Crippen molar-refractivity contribution in [3.63, 3.8) is 0 Å². The van der Waals surface area contributed by atoms with Crippen LogP contribution in [-0.2, 0) is 0 Å². The molecule has 0 aromatic heterocycles. The van der Waals surface area contributed by atoms with Crippen LogP contribution in [0.15, 0.2) is 24.3 Å². The molecule has 0 saturated heterocycles. The number of Topliss-reactive ketones (excluding diaryl/α,β-unsaturated/α-hetero) is 2. The molecule has 0 fully saturated rings. The summed E-state index contributed by atoms with van der Waals surface area (Å²) in [5, 5.41) is 0.360. The summed E-state index contributed by atoms with van der Waals surface area (Å²) in [5.74, 6) is 1.90. The van der Waals surface area contributed by atoms with Crippen LogP contribution in [0.2, 0.25) is 0 Å². The minimum absolute atomic E-state index is 0.112. The molecule has 0 aliphatic heterocycles. The van der Waals surface area contributed by atoms with E-state index in [2.05, 4.69) is 15.9 Å².